The van der Waals surface area contributed by atoms with Crippen LogP contribution >= 0.6 is 0 Å². The number of nitrogens with one attached hydrogen (secondary N) is 1. The van der Waals surface area contributed by atoms with Crippen LogP contribution in [0.4, 0.5) is 5.69 Å². The van der Waals surface area contributed by atoms with Gasteiger partial charge >= 0.3 is 0 Å². The number of amides is 1. The Hall–Kier alpha value is -1.51. The summed E-state index contributed by atoms with van der Waals surface area (Å²) >= 11 is 0. The van der Waals surface area contributed by atoms with Gasteiger partial charge in [0, 0.05) is 18.7 Å². The molecule has 3 nitrogen and oxygen atoms in total. The normalized spacial score (nSPS) is 10.5. The lowest BCUT2D eigenvalue weighted by Gasteiger charge is -2.08. The molecule has 0 fully saturated rings. The van der Waals surface area contributed by atoms with Crippen LogP contribution in [0.25, 0.3) is 0 Å². The zero-order valence-corrected chi connectivity index (χ0v) is 10.7. The van der Waals surface area contributed by atoms with Gasteiger partial charge in [0.2, 0.25) is 5.91 Å². The highest BCUT2D eigenvalue weighted by Crippen LogP contribution is 2.12. The Balaban J connectivity index is 2.26. The Morgan fingerprint density at radius 3 is 2.71 bits per heavy atom. The number of carbonyl (C=O) groups excluding carboxylic acids is 1. The fourth-order valence-corrected chi connectivity index (χ4v) is 1.60. The molecule has 3 heteroatoms. The first kappa shape index (κ1) is 13.6. The van der Waals surface area contributed by atoms with E-state index in [9.17, 15) is 4.79 Å². The van der Waals surface area contributed by atoms with E-state index in [0.717, 1.165) is 24.2 Å². The molecule has 0 spiro atoms. The molecule has 0 aliphatic heterocycles. The van der Waals surface area contributed by atoms with Crippen molar-refractivity contribution in [2.75, 3.05) is 12.3 Å². The second-order valence-corrected chi connectivity index (χ2v) is 4.73. The highest BCUT2D eigenvalue weighted by molar-refractivity contribution is 5.76. The monoisotopic (exact) mass is 234 g/mol. The minimum Gasteiger partial charge on any atom is -0.399 e. The summed E-state index contributed by atoms with van der Waals surface area (Å²) in [5, 5.41) is 2.92. The minimum absolute atomic E-state index is 0.105. The lowest BCUT2D eigenvalue weighted by atomic mass is 10.1. The molecule has 0 atom stereocenters. The molecular weight excluding hydrogens is 212 g/mol. The molecular formula is C14H22N2O. The molecule has 1 aromatic carbocycles. The zero-order valence-electron chi connectivity index (χ0n) is 10.7. The molecule has 0 unspecified atom stereocenters. The molecule has 0 bridgehead atoms. The molecule has 17 heavy (non-hydrogen) atoms. The summed E-state index contributed by atoms with van der Waals surface area (Å²) in [4.78, 5) is 11.6. The van der Waals surface area contributed by atoms with Gasteiger partial charge in [0.1, 0.15) is 0 Å². The SMILES string of the molecule is CC(C)CCNC(=O)CCc1ccccc1N. The predicted molar refractivity (Wildman–Crippen MR) is 71.6 cm³/mol. The van der Waals surface area contributed by atoms with Crippen molar-refractivity contribution < 1.29 is 4.79 Å². The first-order chi connectivity index (χ1) is 8.09. The van der Waals surface area contributed by atoms with Crippen LogP contribution in [0.15, 0.2) is 24.3 Å². The number of aryl methyl sites for hydroxylation is 1. The van der Waals surface area contributed by atoms with Crippen LogP contribution in [-0.2, 0) is 11.2 Å². The van der Waals surface area contributed by atoms with E-state index in [1.54, 1.807) is 0 Å². The summed E-state index contributed by atoms with van der Waals surface area (Å²) in [5.41, 5.74) is 7.63. The number of nitrogens with two attached hydrogens (primary N) is 1. The van der Waals surface area contributed by atoms with Gasteiger partial charge in [-0.3, -0.25) is 4.79 Å². The average molecular weight is 234 g/mol. The molecule has 1 amide bonds. The van der Waals surface area contributed by atoms with Crippen LogP contribution in [0.3, 0.4) is 0 Å². The van der Waals surface area contributed by atoms with E-state index in [1.165, 1.54) is 0 Å². The van der Waals surface area contributed by atoms with E-state index in [2.05, 4.69) is 19.2 Å². The van der Waals surface area contributed by atoms with Gasteiger partial charge in [-0.15, -0.1) is 0 Å². The van der Waals surface area contributed by atoms with Crippen molar-refractivity contribution >= 4 is 11.6 Å². The Kier molecular flexibility index (Phi) is 5.53. The smallest absolute Gasteiger partial charge is 0.220 e. The first-order valence-corrected chi connectivity index (χ1v) is 6.19. The maximum atomic E-state index is 11.6. The van der Waals surface area contributed by atoms with Gasteiger partial charge in [0.15, 0.2) is 0 Å². The highest BCUT2D eigenvalue weighted by Gasteiger charge is 2.04. The van der Waals surface area contributed by atoms with Crippen molar-refractivity contribution in [1.82, 2.24) is 5.32 Å². The van der Waals surface area contributed by atoms with E-state index in [0.29, 0.717) is 18.8 Å². The molecule has 0 heterocycles. The van der Waals surface area contributed by atoms with Crippen molar-refractivity contribution in [3.63, 3.8) is 0 Å². The van der Waals surface area contributed by atoms with Gasteiger partial charge < -0.3 is 11.1 Å². The maximum Gasteiger partial charge on any atom is 0.220 e. The predicted octanol–water partition coefficient (Wildman–Crippen LogP) is 2.36. The maximum absolute atomic E-state index is 11.6. The van der Waals surface area contributed by atoms with Gasteiger partial charge in [-0.1, -0.05) is 32.0 Å². The second kappa shape index (κ2) is 6.94. The summed E-state index contributed by atoms with van der Waals surface area (Å²) in [6.45, 7) is 5.06. The fraction of sp³-hybridized carbons (Fsp3) is 0.500. The Bertz CT molecular complexity index is 361. The Morgan fingerprint density at radius 1 is 1.35 bits per heavy atom. The first-order valence-electron chi connectivity index (χ1n) is 6.19. The summed E-state index contributed by atoms with van der Waals surface area (Å²) in [5.74, 6) is 0.731. The molecule has 0 saturated carbocycles. The third kappa shape index (κ3) is 5.38. The van der Waals surface area contributed by atoms with Gasteiger partial charge in [0.25, 0.3) is 0 Å². The number of nitrogen functional groups attached to an aromatic ring is 1. The van der Waals surface area contributed by atoms with Gasteiger partial charge in [0.05, 0.1) is 0 Å². The number of para-hydroxylation sites is 1. The molecule has 3 N–H and O–H groups in total. The largest absolute Gasteiger partial charge is 0.399 e. The Labute approximate surface area is 103 Å². The molecule has 1 aromatic rings. The van der Waals surface area contributed by atoms with Crippen molar-refractivity contribution in [3.05, 3.63) is 29.8 Å². The molecule has 1 rings (SSSR count). The molecule has 0 aliphatic rings. The standard InChI is InChI=1S/C14H22N2O/c1-11(2)9-10-16-14(17)8-7-12-5-3-4-6-13(12)15/h3-6,11H,7-10,15H2,1-2H3,(H,16,17). The summed E-state index contributed by atoms with van der Waals surface area (Å²) < 4.78 is 0. The summed E-state index contributed by atoms with van der Waals surface area (Å²) in [6.07, 6.45) is 2.24. The third-order valence-corrected chi connectivity index (χ3v) is 2.72. The third-order valence-electron chi connectivity index (χ3n) is 2.72. The summed E-state index contributed by atoms with van der Waals surface area (Å²) in [7, 11) is 0. The van der Waals surface area contributed by atoms with Crippen molar-refractivity contribution in [3.8, 4) is 0 Å². The second-order valence-electron chi connectivity index (χ2n) is 4.73. The molecule has 0 saturated heterocycles. The Morgan fingerprint density at radius 2 is 2.06 bits per heavy atom. The number of benzene rings is 1. The zero-order chi connectivity index (χ0) is 12.7. The van der Waals surface area contributed by atoms with Gasteiger partial charge in [-0.25, -0.2) is 0 Å². The number of anilines is 1. The van der Waals surface area contributed by atoms with Gasteiger partial charge in [-0.05, 0) is 30.4 Å². The van der Waals surface area contributed by atoms with Crippen LogP contribution < -0.4 is 11.1 Å². The van der Waals surface area contributed by atoms with Crippen molar-refractivity contribution in [2.45, 2.75) is 33.1 Å². The molecule has 0 aliphatic carbocycles. The van der Waals surface area contributed by atoms with E-state index in [-0.39, 0.29) is 5.91 Å². The topological polar surface area (TPSA) is 55.1 Å². The van der Waals surface area contributed by atoms with Crippen LogP contribution in [0.5, 0.6) is 0 Å². The highest BCUT2D eigenvalue weighted by atomic mass is 16.1. The number of hydrogen-bond acceptors (Lipinski definition) is 2. The van der Waals surface area contributed by atoms with Gasteiger partial charge in [-0.2, -0.15) is 0 Å². The van der Waals surface area contributed by atoms with Crippen LogP contribution in [0.2, 0.25) is 0 Å². The minimum atomic E-state index is 0.105. The number of carbonyl (C=O) groups is 1. The quantitative estimate of drug-likeness (QED) is 0.742. The lowest BCUT2D eigenvalue weighted by Crippen LogP contribution is -2.25. The van der Waals surface area contributed by atoms with Crippen LogP contribution in [0, 0.1) is 5.92 Å². The summed E-state index contributed by atoms with van der Waals surface area (Å²) in [6, 6.07) is 7.69. The lowest BCUT2D eigenvalue weighted by molar-refractivity contribution is -0.121. The van der Waals surface area contributed by atoms with E-state index in [1.807, 2.05) is 24.3 Å². The molecule has 0 radical (unpaired) electrons. The van der Waals surface area contributed by atoms with Crippen molar-refractivity contribution in [1.29, 1.82) is 0 Å². The van der Waals surface area contributed by atoms with E-state index < -0.39 is 0 Å². The van der Waals surface area contributed by atoms with E-state index in [4.69, 9.17) is 5.73 Å². The fourth-order valence-electron chi connectivity index (χ4n) is 1.60. The molecule has 0 aromatic heterocycles. The van der Waals surface area contributed by atoms with Crippen LogP contribution in [-0.4, -0.2) is 12.5 Å². The van der Waals surface area contributed by atoms with Crippen molar-refractivity contribution in [2.24, 2.45) is 5.92 Å². The molecule has 94 valence electrons. The average Bonchev–Trinajstić information content (AvgIpc) is 2.27. The van der Waals surface area contributed by atoms with Crippen LogP contribution in [0.1, 0.15) is 32.3 Å². The number of hydrogen-bond donors (Lipinski definition) is 2. The van der Waals surface area contributed by atoms with E-state index >= 15 is 0 Å². The number of rotatable bonds is 6.